The molecule has 24 heavy (non-hydrogen) atoms. The number of carbonyl (C=O) groups excluding carboxylic acids is 1. The fourth-order valence-electron chi connectivity index (χ4n) is 2.08. The van der Waals surface area contributed by atoms with Gasteiger partial charge in [-0.15, -0.1) is 0 Å². The first-order chi connectivity index (χ1) is 11.4. The Labute approximate surface area is 138 Å². The first-order valence-corrected chi connectivity index (χ1v) is 7.24. The highest BCUT2D eigenvalue weighted by Gasteiger charge is 2.32. The van der Waals surface area contributed by atoms with Gasteiger partial charge in [0.15, 0.2) is 0 Å². The molecule has 0 aliphatic carbocycles. The summed E-state index contributed by atoms with van der Waals surface area (Å²) in [4.78, 5) is 11.1. The maximum Gasteiger partial charge on any atom is 0.417 e. The van der Waals surface area contributed by atoms with Crippen molar-refractivity contribution in [1.82, 2.24) is 0 Å². The van der Waals surface area contributed by atoms with Gasteiger partial charge in [0, 0.05) is 17.5 Å². The van der Waals surface area contributed by atoms with Crippen LogP contribution in [0.4, 0.5) is 13.2 Å². The van der Waals surface area contributed by atoms with Crippen molar-refractivity contribution >= 4 is 5.97 Å². The van der Waals surface area contributed by atoms with Crippen molar-refractivity contribution in [2.45, 2.75) is 19.0 Å². The average Bonchev–Trinajstić information content (AvgIpc) is 2.58. The number of aryl methyl sites for hydroxylation is 1. The van der Waals surface area contributed by atoms with E-state index in [1.54, 1.807) is 24.3 Å². The summed E-state index contributed by atoms with van der Waals surface area (Å²) < 4.78 is 43.3. The second kappa shape index (κ2) is 7.69. The van der Waals surface area contributed by atoms with Crippen LogP contribution in [0.2, 0.25) is 0 Å². The van der Waals surface area contributed by atoms with E-state index in [1.165, 1.54) is 25.3 Å². The number of hydrogen-bond acceptors (Lipinski definition) is 2. The molecule has 0 saturated heterocycles. The maximum absolute atomic E-state index is 12.9. The van der Waals surface area contributed by atoms with E-state index in [0.717, 1.165) is 11.6 Å². The van der Waals surface area contributed by atoms with Gasteiger partial charge in [0.25, 0.3) is 0 Å². The zero-order chi connectivity index (χ0) is 17.6. The van der Waals surface area contributed by atoms with Gasteiger partial charge < -0.3 is 4.74 Å². The van der Waals surface area contributed by atoms with Crippen LogP contribution in [0.5, 0.6) is 0 Å². The van der Waals surface area contributed by atoms with Crippen LogP contribution >= 0.6 is 0 Å². The first kappa shape index (κ1) is 17.6. The van der Waals surface area contributed by atoms with Gasteiger partial charge in [0.2, 0.25) is 0 Å². The Hall–Kier alpha value is -2.74. The molecule has 0 bridgehead atoms. The zero-order valence-electron chi connectivity index (χ0n) is 13.0. The largest absolute Gasteiger partial charge is 0.469 e. The molecule has 0 unspecified atom stereocenters. The molecule has 0 aliphatic heterocycles. The van der Waals surface area contributed by atoms with E-state index >= 15 is 0 Å². The molecule has 5 heteroatoms. The van der Waals surface area contributed by atoms with Gasteiger partial charge in [-0.25, -0.2) is 0 Å². The summed E-state index contributed by atoms with van der Waals surface area (Å²) in [5, 5.41) is 0. The van der Waals surface area contributed by atoms with Crippen molar-refractivity contribution in [3.05, 3.63) is 70.8 Å². The Morgan fingerprint density at radius 2 is 1.71 bits per heavy atom. The van der Waals surface area contributed by atoms with Crippen molar-refractivity contribution in [3.8, 4) is 11.8 Å². The SMILES string of the molecule is COC(=O)CCc1ccc(C#Cc2ccccc2C(F)(F)F)cc1. The van der Waals surface area contributed by atoms with Gasteiger partial charge in [-0.05, 0) is 36.2 Å². The standard InChI is InChI=1S/C19H15F3O2/c1-24-18(23)13-11-15-8-6-14(7-9-15)10-12-16-4-2-3-5-17(16)19(20,21)22/h2-9H,11,13H2,1H3. The Morgan fingerprint density at radius 1 is 1.04 bits per heavy atom. The van der Waals surface area contributed by atoms with E-state index in [0.29, 0.717) is 12.0 Å². The molecule has 2 nitrogen and oxygen atoms in total. The lowest BCUT2D eigenvalue weighted by molar-refractivity contribution is -0.140. The number of hydrogen-bond donors (Lipinski definition) is 0. The van der Waals surface area contributed by atoms with Gasteiger partial charge in [-0.3, -0.25) is 4.79 Å². The van der Waals surface area contributed by atoms with Crippen LogP contribution in [-0.2, 0) is 22.1 Å². The maximum atomic E-state index is 12.9. The normalized spacial score (nSPS) is 10.7. The third-order valence-corrected chi connectivity index (χ3v) is 3.37. The van der Waals surface area contributed by atoms with Crippen LogP contribution in [0.15, 0.2) is 48.5 Å². The van der Waals surface area contributed by atoms with E-state index < -0.39 is 11.7 Å². The topological polar surface area (TPSA) is 26.3 Å². The van der Waals surface area contributed by atoms with Crippen LogP contribution < -0.4 is 0 Å². The number of ether oxygens (including phenoxy) is 1. The Balaban J connectivity index is 2.14. The third kappa shape index (κ3) is 4.88. The fraction of sp³-hybridized carbons (Fsp3) is 0.211. The van der Waals surface area contributed by atoms with E-state index in [1.807, 2.05) is 0 Å². The highest BCUT2D eigenvalue weighted by Crippen LogP contribution is 2.31. The number of halogens is 3. The number of esters is 1. The summed E-state index contributed by atoms with van der Waals surface area (Å²) in [6, 6.07) is 12.2. The Kier molecular flexibility index (Phi) is 5.64. The first-order valence-electron chi connectivity index (χ1n) is 7.24. The van der Waals surface area contributed by atoms with Crippen molar-refractivity contribution in [3.63, 3.8) is 0 Å². The van der Waals surface area contributed by atoms with Crippen molar-refractivity contribution in [2.75, 3.05) is 7.11 Å². The molecule has 0 spiro atoms. The molecule has 0 aliphatic rings. The zero-order valence-corrected chi connectivity index (χ0v) is 13.0. The molecule has 2 aromatic carbocycles. The van der Waals surface area contributed by atoms with E-state index in [4.69, 9.17) is 0 Å². The predicted molar refractivity (Wildman–Crippen MR) is 84.2 cm³/mol. The lowest BCUT2D eigenvalue weighted by Crippen LogP contribution is -2.07. The monoisotopic (exact) mass is 332 g/mol. The van der Waals surface area contributed by atoms with Crippen molar-refractivity contribution in [2.24, 2.45) is 0 Å². The molecule has 0 saturated carbocycles. The molecule has 2 rings (SSSR count). The minimum Gasteiger partial charge on any atom is -0.469 e. The molecule has 0 aromatic heterocycles. The van der Waals surface area contributed by atoms with E-state index in [2.05, 4.69) is 16.6 Å². The van der Waals surface area contributed by atoms with Gasteiger partial charge in [-0.2, -0.15) is 13.2 Å². The van der Waals surface area contributed by atoms with Crippen LogP contribution in [-0.4, -0.2) is 13.1 Å². The van der Waals surface area contributed by atoms with Crippen molar-refractivity contribution in [1.29, 1.82) is 0 Å². The summed E-state index contributed by atoms with van der Waals surface area (Å²) in [6.45, 7) is 0. The second-order valence-corrected chi connectivity index (χ2v) is 5.07. The van der Waals surface area contributed by atoms with Gasteiger partial charge in [-0.1, -0.05) is 36.1 Å². The summed E-state index contributed by atoms with van der Waals surface area (Å²) in [7, 11) is 1.33. The van der Waals surface area contributed by atoms with Crippen LogP contribution in [0.1, 0.15) is 28.7 Å². The summed E-state index contributed by atoms with van der Waals surface area (Å²) in [5.74, 6) is 5.02. The van der Waals surface area contributed by atoms with Gasteiger partial charge in [0.05, 0.1) is 12.7 Å². The Bertz CT molecular complexity index is 766. The van der Waals surface area contributed by atoms with Gasteiger partial charge in [0.1, 0.15) is 0 Å². The van der Waals surface area contributed by atoms with Gasteiger partial charge >= 0.3 is 12.1 Å². The molecular formula is C19H15F3O2. The Morgan fingerprint density at radius 3 is 2.33 bits per heavy atom. The second-order valence-electron chi connectivity index (χ2n) is 5.07. The molecule has 2 aromatic rings. The summed E-state index contributed by atoms with van der Waals surface area (Å²) >= 11 is 0. The van der Waals surface area contributed by atoms with Crippen molar-refractivity contribution < 1.29 is 22.7 Å². The fourth-order valence-corrected chi connectivity index (χ4v) is 2.08. The highest BCUT2D eigenvalue weighted by molar-refractivity contribution is 5.69. The lowest BCUT2D eigenvalue weighted by atomic mass is 10.1. The molecule has 0 atom stereocenters. The minimum absolute atomic E-state index is 0.0558. The van der Waals surface area contributed by atoms with E-state index in [9.17, 15) is 18.0 Å². The van der Waals surface area contributed by atoms with Crippen LogP contribution in [0.3, 0.4) is 0 Å². The van der Waals surface area contributed by atoms with E-state index in [-0.39, 0.29) is 18.0 Å². The molecule has 0 radical (unpaired) electrons. The summed E-state index contributed by atoms with van der Waals surface area (Å²) in [5.41, 5.74) is 0.738. The highest BCUT2D eigenvalue weighted by atomic mass is 19.4. The molecule has 124 valence electrons. The van der Waals surface area contributed by atoms with Crippen LogP contribution in [0, 0.1) is 11.8 Å². The number of rotatable bonds is 3. The molecule has 0 heterocycles. The molecular weight excluding hydrogens is 317 g/mol. The molecule has 0 amide bonds. The third-order valence-electron chi connectivity index (χ3n) is 3.37. The average molecular weight is 332 g/mol. The smallest absolute Gasteiger partial charge is 0.417 e. The molecule has 0 N–H and O–H groups in total. The quantitative estimate of drug-likeness (QED) is 0.622. The number of alkyl halides is 3. The number of benzene rings is 2. The van der Waals surface area contributed by atoms with Crippen LogP contribution in [0.25, 0.3) is 0 Å². The number of carbonyl (C=O) groups is 1. The number of methoxy groups -OCH3 is 1. The molecule has 0 fully saturated rings. The summed E-state index contributed by atoms with van der Waals surface area (Å²) in [6.07, 6.45) is -3.61. The minimum atomic E-state index is -4.43. The lowest BCUT2D eigenvalue weighted by Gasteiger charge is -2.08. The predicted octanol–water partition coefficient (Wildman–Crippen LogP) is 4.21.